The van der Waals surface area contributed by atoms with Crippen LogP contribution in [0.2, 0.25) is 0 Å². The lowest BCUT2D eigenvalue weighted by molar-refractivity contribution is 0.243. The number of hydrogen-bond acceptors (Lipinski definition) is 5. The zero-order valence-electron chi connectivity index (χ0n) is 16.5. The van der Waals surface area contributed by atoms with Crippen LogP contribution in [0, 0.1) is 0 Å². The van der Waals surface area contributed by atoms with Crippen LogP contribution in [0.15, 0.2) is 58.3 Å². The van der Waals surface area contributed by atoms with E-state index in [2.05, 4.69) is 4.72 Å². The Morgan fingerprint density at radius 2 is 1.55 bits per heavy atom. The van der Waals surface area contributed by atoms with Crippen molar-refractivity contribution in [1.82, 2.24) is 4.31 Å². The molecule has 29 heavy (non-hydrogen) atoms. The minimum absolute atomic E-state index is 0.0428. The molecule has 0 radical (unpaired) electrons. The average Bonchev–Trinajstić information content (AvgIpc) is 2.70. The van der Waals surface area contributed by atoms with E-state index in [4.69, 9.17) is 4.74 Å². The van der Waals surface area contributed by atoms with Crippen molar-refractivity contribution in [2.24, 2.45) is 0 Å². The molecular weight excluding hydrogens is 412 g/mol. The lowest BCUT2D eigenvalue weighted by Gasteiger charge is -2.26. The van der Waals surface area contributed by atoms with Gasteiger partial charge in [-0.2, -0.15) is 4.31 Å². The number of ether oxygens (including phenoxy) is 1. The summed E-state index contributed by atoms with van der Waals surface area (Å²) in [5, 5.41) is 0. The first-order valence-electron chi connectivity index (χ1n) is 9.59. The van der Waals surface area contributed by atoms with Crippen molar-refractivity contribution in [2.45, 2.75) is 49.0 Å². The molecule has 1 saturated heterocycles. The number of nitrogens with one attached hydrogen (secondary N) is 1. The summed E-state index contributed by atoms with van der Waals surface area (Å²) < 4.78 is 61.2. The molecule has 1 fully saturated rings. The largest absolute Gasteiger partial charge is 0.489 e. The highest BCUT2D eigenvalue weighted by atomic mass is 32.2. The molecule has 0 bridgehead atoms. The third kappa shape index (κ3) is 5.09. The third-order valence-electron chi connectivity index (χ3n) is 4.56. The van der Waals surface area contributed by atoms with Crippen molar-refractivity contribution in [2.75, 3.05) is 17.8 Å². The van der Waals surface area contributed by atoms with Crippen LogP contribution in [0.4, 0.5) is 5.69 Å². The monoisotopic (exact) mass is 438 g/mol. The van der Waals surface area contributed by atoms with Gasteiger partial charge in [0.25, 0.3) is 10.0 Å². The molecule has 0 aliphatic carbocycles. The highest BCUT2D eigenvalue weighted by molar-refractivity contribution is 7.92. The van der Waals surface area contributed by atoms with Gasteiger partial charge in [-0.1, -0.05) is 24.6 Å². The van der Waals surface area contributed by atoms with Crippen LogP contribution in [-0.4, -0.2) is 40.3 Å². The van der Waals surface area contributed by atoms with Gasteiger partial charge in [0.2, 0.25) is 10.0 Å². The molecule has 7 nitrogen and oxygen atoms in total. The minimum atomic E-state index is -3.90. The first kappa shape index (κ1) is 21.6. The average molecular weight is 439 g/mol. The molecule has 0 spiro atoms. The van der Waals surface area contributed by atoms with Gasteiger partial charge in [-0.25, -0.2) is 16.8 Å². The first-order chi connectivity index (χ1) is 13.7. The second-order valence-electron chi connectivity index (χ2n) is 7.21. The molecule has 1 heterocycles. The van der Waals surface area contributed by atoms with Crippen molar-refractivity contribution >= 4 is 25.7 Å². The van der Waals surface area contributed by atoms with Crippen molar-refractivity contribution in [3.05, 3.63) is 48.5 Å². The molecule has 158 valence electrons. The molecule has 2 aromatic rings. The van der Waals surface area contributed by atoms with Gasteiger partial charge >= 0.3 is 0 Å². The standard InChI is InChI=1S/C20H26N2O5S2/c1-16(2)27-20-12-11-18(29(25,26)22-13-7-4-8-14-22)15-19(20)21-28(23,24)17-9-5-3-6-10-17/h3,5-6,9-12,15-16,21H,4,7-8,13-14H2,1-2H3. The maximum atomic E-state index is 13.0. The van der Waals surface area contributed by atoms with Crippen molar-refractivity contribution < 1.29 is 21.6 Å². The Morgan fingerprint density at radius 3 is 2.17 bits per heavy atom. The topological polar surface area (TPSA) is 92.8 Å². The Bertz CT molecular complexity index is 1050. The van der Waals surface area contributed by atoms with Crippen LogP contribution in [0.5, 0.6) is 5.75 Å². The third-order valence-corrected chi connectivity index (χ3v) is 7.84. The van der Waals surface area contributed by atoms with Crippen molar-refractivity contribution in [3.63, 3.8) is 0 Å². The van der Waals surface area contributed by atoms with Gasteiger partial charge in [-0.05, 0) is 57.0 Å². The molecule has 3 rings (SSSR count). The molecule has 0 unspecified atom stereocenters. The normalized spacial score (nSPS) is 16.0. The van der Waals surface area contributed by atoms with Crippen LogP contribution < -0.4 is 9.46 Å². The molecule has 9 heteroatoms. The second kappa shape index (κ2) is 8.73. The zero-order chi connectivity index (χ0) is 21.1. The van der Waals surface area contributed by atoms with E-state index in [0.29, 0.717) is 13.1 Å². The van der Waals surface area contributed by atoms with Crippen LogP contribution >= 0.6 is 0 Å². The van der Waals surface area contributed by atoms with Crippen LogP contribution in [-0.2, 0) is 20.0 Å². The van der Waals surface area contributed by atoms with E-state index in [1.165, 1.54) is 34.6 Å². The molecular formula is C20H26N2O5S2. The maximum Gasteiger partial charge on any atom is 0.262 e. The maximum absolute atomic E-state index is 13.0. The molecule has 2 aromatic carbocycles. The summed E-state index contributed by atoms with van der Waals surface area (Å²) in [6.07, 6.45) is 2.44. The highest BCUT2D eigenvalue weighted by Crippen LogP contribution is 2.32. The van der Waals surface area contributed by atoms with Crippen LogP contribution in [0.3, 0.4) is 0 Å². The molecule has 0 amide bonds. The summed E-state index contributed by atoms with van der Waals surface area (Å²) >= 11 is 0. The lowest BCUT2D eigenvalue weighted by atomic mass is 10.2. The lowest BCUT2D eigenvalue weighted by Crippen LogP contribution is -2.35. The van der Waals surface area contributed by atoms with Gasteiger partial charge in [-0.15, -0.1) is 0 Å². The number of rotatable bonds is 7. The Kier molecular flexibility index (Phi) is 6.50. The van der Waals surface area contributed by atoms with E-state index in [0.717, 1.165) is 19.3 Å². The Labute approximate surface area is 172 Å². The Hall–Kier alpha value is -2.10. The summed E-state index contributed by atoms with van der Waals surface area (Å²) in [6, 6.07) is 12.2. The first-order valence-corrected chi connectivity index (χ1v) is 12.5. The summed E-state index contributed by atoms with van der Waals surface area (Å²) in [5.74, 6) is 0.275. The zero-order valence-corrected chi connectivity index (χ0v) is 18.2. The minimum Gasteiger partial charge on any atom is -0.489 e. The summed E-state index contributed by atoms with van der Waals surface area (Å²) in [6.45, 7) is 4.57. The van der Waals surface area contributed by atoms with E-state index < -0.39 is 20.0 Å². The van der Waals surface area contributed by atoms with E-state index >= 15 is 0 Å². The fourth-order valence-corrected chi connectivity index (χ4v) is 5.79. The van der Waals surface area contributed by atoms with E-state index in [1.807, 2.05) is 13.8 Å². The van der Waals surface area contributed by atoms with E-state index in [1.54, 1.807) is 18.2 Å². The number of benzene rings is 2. The summed E-state index contributed by atoms with van der Waals surface area (Å²) in [4.78, 5) is 0.126. The van der Waals surface area contributed by atoms with Gasteiger partial charge in [0.15, 0.2) is 0 Å². The summed E-state index contributed by atoms with van der Waals surface area (Å²) in [5.41, 5.74) is 0.0978. The predicted octanol–water partition coefficient (Wildman–Crippen LogP) is 3.45. The quantitative estimate of drug-likeness (QED) is 0.715. The van der Waals surface area contributed by atoms with Gasteiger partial charge in [0.1, 0.15) is 5.75 Å². The van der Waals surface area contributed by atoms with E-state index in [-0.39, 0.29) is 27.3 Å². The number of hydrogen-bond donors (Lipinski definition) is 1. The molecule has 0 aromatic heterocycles. The van der Waals surface area contributed by atoms with Crippen molar-refractivity contribution in [1.29, 1.82) is 0 Å². The number of piperidine rings is 1. The number of anilines is 1. The van der Waals surface area contributed by atoms with Gasteiger partial charge in [-0.3, -0.25) is 4.72 Å². The molecule has 0 atom stereocenters. The smallest absolute Gasteiger partial charge is 0.262 e. The fraction of sp³-hybridized carbons (Fsp3) is 0.400. The van der Waals surface area contributed by atoms with Crippen LogP contribution in [0.1, 0.15) is 33.1 Å². The van der Waals surface area contributed by atoms with E-state index in [9.17, 15) is 16.8 Å². The summed E-state index contributed by atoms with van der Waals surface area (Å²) in [7, 11) is -7.60. The highest BCUT2D eigenvalue weighted by Gasteiger charge is 2.27. The van der Waals surface area contributed by atoms with Gasteiger partial charge < -0.3 is 4.74 Å². The second-order valence-corrected chi connectivity index (χ2v) is 10.8. The number of nitrogens with zero attached hydrogens (tertiary/aromatic N) is 1. The SMILES string of the molecule is CC(C)Oc1ccc(S(=O)(=O)N2CCCCC2)cc1NS(=O)(=O)c1ccccc1. The predicted molar refractivity (Wildman–Crippen MR) is 112 cm³/mol. The fourth-order valence-electron chi connectivity index (χ4n) is 3.16. The van der Waals surface area contributed by atoms with Gasteiger partial charge in [0, 0.05) is 13.1 Å². The molecule has 0 saturated carbocycles. The molecule has 1 N–H and O–H groups in total. The molecule has 1 aliphatic rings. The van der Waals surface area contributed by atoms with Crippen LogP contribution in [0.25, 0.3) is 0 Å². The molecule has 1 aliphatic heterocycles. The van der Waals surface area contributed by atoms with Gasteiger partial charge in [0.05, 0.1) is 21.6 Å². The van der Waals surface area contributed by atoms with Crippen molar-refractivity contribution in [3.8, 4) is 5.75 Å². The Morgan fingerprint density at radius 1 is 0.897 bits per heavy atom. The Balaban J connectivity index is 2.00. The number of sulfonamides is 2.